The van der Waals surface area contributed by atoms with Gasteiger partial charge in [-0.25, -0.2) is 4.98 Å². The molecule has 2 aliphatic heterocycles. The molecule has 0 radical (unpaired) electrons. The molecule has 0 unspecified atom stereocenters. The third-order valence-electron chi connectivity index (χ3n) is 7.12. The van der Waals surface area contributed by atoms with Crippen LogP contribution in [0.3, 0.4) is 0 Å². The SMILES string of the molecule is CC(C)[C@@H]1NC(=O)[C@H](Cc2ccccc2)NC(=O)[C@@H](NC(=O)[C@H]2CCCN2)CCCCNC(=O)c2coc1n2. The predicted molar refractivity (Wildman–Crippen MR) is 143 cm³/mol. The van der Waals surface area contributed by atoms with Crippen molar-refractivity contribution >= 4 is 23.6 Å². The van der Waals surface area contributed by atoms with E-state index >= 15 is 0 Å². The molecule has 2 bridgehead atoms. The van der Waals surface area contributed by atoms with E-state index in [0.717, 1.165) is 18.5 Å². The number of carbonyl (C=O) groups is 4. The molecule has 5 N–H and O–H groups in total. The van der Waals surface area contributed by atoms with Crippen molar-refractivity contribution in [3.05, 3.63) is 53.7 Å². The molecular formula is C28H38N6O5. The number of nitrogens with one attached hydrogen (secondary N) is 5. The second kappa shape index (κ2) is 13.4. The first kappa shape index (κ1) is 28.3. The number of hydrogen-bond donors (Lipinski definition) is 5. The first-order valence-electron chi connectivity index (χ1n) is 13.7. The summed E-state index contributed by atoms with van der Waals surface area (Å²) >= 11 is 0. The molecule has 4 rings (SSSR count). The number of fused-ring (bicyclic) bond motifs is 2. The number of hydrogen-bond acceptors (Lipinski definition) is 7. The third kappa shape index (κ3) is 7.66. The van der Waals surface area contributed by atoms with Crippen molar-refractivity contribution in [3.8, 4) is 0 Å². The van der Waals surface area contributed by atoms with Crippen molar-refractivity contribution in [2.75, 3.05) is 13.1 Å². The Kier molecular flexibility index (Phi) is 9.69. The van der Waals surface area contributed by atoms with E-state index in [9.17, 15) is 19.2 Å². The highest BCUT2D eigenvalue weighted by molar-refractivity contribution is 5.93. The average Bonchev–Trinajstić information content (AvgIpc) is 3.63. The van der Waals surface area contributed by atoms with Gasteiger partial charge < -0.3 is 31.0 Å². The summed E-state index contributed by atoms with van der Waals surface area (Å²) in [5.41, 5.74) is 1.01. The van der Waals surface area contributed by atoms with Crippen LogP contribution in [0, 0.1) is 5.92 Å². The van der Waals surface area contributed by atoms with Crippen LogP contribution in [0.4, 0.5) is 0 Å². The normalized spacial score (nSPS) is 25.1. The summed E-state index contributed by atoms with van der Waals surface area (Å²) in [6.45, 7) is 4.95. The van der Waals surface area contributed by atoms with E-state index < -0.39 is 29.9 Å². The monoisotopic (exact) mass is 538 g/mol. The summed E-state index contributed by atoms with van der Waals surface area (Å²) in [4.78, 5) is 57.0. The van der Waals surface area contributed by atoms with Gasteiger partial charge in [-0.05, 0) is 50.1 Å². The highest BCUT2D eigenvalue weighted by atomic mass is 16.3. The number of carbonyl (C=O) groups excluding carboxylic acids is 4. The van der Waals surface area contributed by atoms with Crippen LogP contribution in [0.25, 0.3) is 0 Å². The lowest BCUT2D eigenvalue weighted by Gasteiger charge is -2.26. The zero-order chi connectivity index (χ0) is 27.8. The Morgan fingerprint density at radius 1 is 1.03 bits per heavy atom. The lowest BCUT2D eigenvalue weighted by molar-refractivity contribution is -0.133. The van der Waals surface area contributed by atoms with E-state index in [1.807, 2.05) is 44.2 Å². The van der Waals surface area contributed by atoms with Crippen LogP contribution in [-0.4, -0.2) is 59.8 Å². The minimum absolute atomic E-state index is 0.110. The van der Waals surface area contributed by atoms with Crippen molar-refractivity contribution < 1.29 is 23.6 Å². The van der Waals surface area contributed by atoms with Gasteiger partial charge in [0.15, 0.2) is 5.69 Å². The van der Waals surface area contributed by atoms with Crippen molar-refractivity contribution in [1.29, 1.82) is 0 Å². The summed E-state index contributed by atoms with van der Waals surface area (Å²) in [6, 6.07) is 6.73. The molecule has 0 spiro atoms. The van der Waals surface area contributed by atoms with Gasteiger partial charge in [-0.1, -0.05) is 44.2 Å². The number of benzene rings is 1. The van der Waals surface area contributed by atoms with E-state index in [0.29, 0.717) is 32.2 Å². The van der Waals surface area contributed by atoms with E-state index in [-0.39, 0.29) is 41.8 Å². The molecule has 2 aliphatic rings. The van der Waals surface area contributed by atoms with Crippen LogP contribution in [0.1, 0.15) is 73.9 Å². The van der Waals surface area contributed by atoms with Crippen molar-refractivity contribution in [1.82, 2.24) is 31.6 Å². The first-order valence-corrected chi connectivity index (χ1v) is 13.7. The van der Waals surface area contributed by atoms with E-state index in [1.165, 1.54) is 6.26 Å². The van der Waals surface area contributed by atoms with Crippen LogP contribution < -0.4 is 26.6 Å². The molecule has 1 aromatic heterocycles. The van der Waals surface area contributed by atoms with Gasteiger partial charge in [0.25, 0.3) is 5.91 Å². The van der Waals surface area contributed by atoms with Crippen LogP contribution in [0.5, 0.6) is 0 Å². The number of amides is 4. The second-order valence-corrected chi connectivity index (χ2v) is 10.5. The smallest absolute Gasteiger partial charge is 0.273 e. The Bertz CT molecular complexity index is 1140. The Balaban J connectivity index is 1.60. The van der Waals surface area contributed by atoms with Gasteiger partial charge in [0.05, 0.1) is 6.04 Å². The summed E-state index contributed by atoms with van der Waals surface area (Å²) < 4.78 is 5.59. The highest BCUT2D eigenvalue weighted by Crippen LogP contribution is 2.22. The molecule has 1 aromatic carbocycles. The fourth-order valence-corrected chi connectivity index (χ4v) is 4.85. The maximum Gasteiger partial charge on any atom is 0.273 e. The highest BCUT2D eigenvalue weighted by Gasteiger charge is 2.32. The van der Waals surface area contributed by atoms with Gasteiger partial charge in [0.1, 0.15) is 24.4 Å². The topological polar surface area (TPSA) is 154 Å². The maximum atomic E-state index is 13.6. The van der Waals surface area contributed by atoms with Crippen molar-refractivity contribution in [2.24, 2.45) is 5.92 Å². The fraction of sp³-hybridized carbons (Fsp3) is 0.536. The van der Waals surface area contributed by atoms with Gasteiger partial charge in [0, 0.05) is 13.0 Å². The Labute approximate surface area is 228 Å². The van der Waals surface area contributed by atoms with E-state index in [4.69, 9.17) is 4.42 Å². The third-order valence-corrected chi connectivity index (χ3v) is 7.12. The lowest BCUT2D eigenvalue weighted by Crippen LogP contribution is -2.56. The summed E-state index contributed by atoms with van der Waals surface area (Å²) in [5, 5.41) is 14.7. The van der Waals surface area contributed by atoms with Gasteiger partial charge in [0.2, 0.25) is 23.6 Å². The van der Waals surface area contributed by atoms with Crippen LogP contribution in [-0.2, 0) is 20.8 Å². The second-order valence-electron chi connectivity index (χ2n) is 10.5. The molecular weight excluding hydrogens is 500 g/mol. The van der Waals surface area contributed by atoms with Gasteiger partial charge in [-0.2, -0.15) is 0 Å². The number of oxazole rings is 1. The van der Waals surface area contributed by atoms with E-state index in [1.54, 1.807) is 0 Å². The molecule has 39 heavy (non-hydrogen) atoms. The quantitative estimate of drug-likeness (QED) is 0.385. The van der Waals surface area contributed by atoms with Gasteiger partial charge >= 0.3 is 0 Å². The number of rotatable bonds is 5. The molecule has 11 nitrogen and oxygen atoms in total. The standard InChI is InChI=1S/C28H38N6O5/c1-17(2)23-28-33-22(16-39-28)24(35)30-13-7-6-11-20(31-25(36)19-12-8-14-29-19)26(37)32-21(27(38)34-23)15-18-9-4-3-5-10-18/h3-5,9-10,16-17,19-21,23,29H,6-8,11-15H2,1-2H3,(H,30,35)(H,31,36)(H,32,37)(H,34,38)/t19-,20+,21+,23+/m1/s1. The molecule has 3 heterocycles. The van der Waals surface area contributed by atoms with Gasteiger partial charge in [-0.3, -0.25) is 19.2 Å². The van der Waals surface area contributed by atoms with Crippen LogP contribution in [0.15, 0.2) is 41.0 Å². The Morgan fingerprint density at radius 2 is 1.82 bits per heavy atom. The summed E-state index contributed by atoms with van der Waals surface area (Å²) in [6.07, 6.45) is 4.69. The summed E-state index contributed by atoms with van der Waals surface area (Å²) in [5.74, 6) is -1.32. The van der Waals surface area contributed by atoms with Crippen LogP contribution in [0.2, 0.25) is 0 Å². The lowest BCUT2D eigenvalue weighted by atomic mass is 10.0. The first-order chi connectivity index (χ1) is 18.8. The number of aromatic nitrogens is 1. The van der Waals surface area contributed by atoms with E-state index in [2.05, 4.69) is 31.6 Å². The van der Waals surface area contributed by atoms with Crippen molar-refractivity contribution in [3.63, 3.8) is 0 Å². The minimum Gasteiger partial charge on any atom is -0.446 e. The molecule has 2 aromatic rings. The molecule has 4 amide bonds. The van der Waals surface area contributed by atoms with Gasteiger partial charge in [-0.15, -0.1) is 0 Å². The average molecular weight is 539 g/mol. The molecule has 0 aliphatic carbocycles. The molecule has 11 heteroatoms. The Morgan fingerprint density at radius 3 is 2.54 bits per heavy atom. The Hall–Kier alpha value is -3.73. The van der Waals surface area contributed by atoms with Crippen molar-refractivity contribution in [2.45, 2.75) is 76.5 Å². The molecule has 0 saturated carbocycles. The largest absolute Gasteiger partial charge is 0.446 e. The fourth-order valence-electron chi connectivity index (χ4n) is 4.85. The van der Waals surface area contributed by atoms with Crippen LogP contribution >= 0.6 is 0 Å². The predicted octanol–water partition coefficient (Wildman–Crippen LogP) is 1.37. The number of nitrogens with zero attached hydrogens (tertiary/aromatic N) is 1. The minimum atomic E-state index is -0.907. The zero-order valence-electron chi connectivity index (χ0n) is 22.5. The maximum absolute atomic E-state index is 13.6. The molecule has 1 fully saturated rings. The summed E-state index contributed by atoms with van der Waals surface area (Å²) in [7, 11) is 0. The zero-order valence-corrected chi connectivity index (χ0v) is 22.5. The molecule has 1 saturated heterocycles. The molecule has 4 atom stereocenters. The molecule has 210 valence electrons.